The number of H-pyrrole nitrogens is 1. The first-order valence-corrected chi connectivity index (χ1v) is 11.9. The minimum absolute atomic E-state index is 0.0887. The van der Waals surface area contributed by atoms with Crippen LogP contribution in [0.15, 0.2) is 82.5 Å². The number of aromatic amines is 1. The molecule has 0 saturated carbocycles. The van der Waals surface area contributed by atoms with E-state index < -0.39 is 10.0 Å². The van der Waals surface area contributed by atoms with Crippen LogP contribution >= 0.6 is 23.2 Å². The summed E-state index contributed by atoms with van der Waals surface area (Å²) < 4.78 is 29.0. The molecule has 0 radical (unpaired) electrons. The quantitative estimate of drug-likeness (QED) is 0.377. The molecule has 4 aromatic rings. The molecule has 0 aliphatic rings. The van der Waals surface area contributed by atoms with E-state index in [1.807, 2.05) is 0 Å². The third-order valence-corrected chi connectivity index (χ3v) is 6.60. The lowest BCUT2D eigenvalue weighted by atomic mass is 10.3. The van der Waals surface area contributed by atoms with Crippen LogP contribution in [-0.4, -0.2) is 18.2 Å². The summed E-state index contributed by atoms with van der Waals surface area (Å²) in [6.45, 7) is 3.88. The monoisotopic (exact) mass is 500 g/mol. The molecule has 1 heterocycles. The Morgan fingerprint density at radius 1 is 0.909 bits per heavy atom. The van der Waals surface area contributed by atoms with Gasteiger partial charge in [-0.3, -0.25) is 14.6 Å². The third-order valence-electron chi connectivity index (χ3n) is 4.72. The number of rotatable bonds is 6. The summed E-state index contributed by atoms with van der Waals surface area (Å²) in [7, 11) is -3.76. The zero-order chi connectivity index (χ0) is 23.6. The van der Waals surface area contributed by atoms with Gasteiger partial charge in [-0.05, 0) is 66.7 Å². The Hall–Kier alpha value is -3.46. The average molecular weight is 501 g/mol. The first-order chi connectivity index (χ1) is 15.7. The lowest BCUT2D eigenvalue weighted by Gasteiger charge is -2.09. The highest BCUT2D eigenvalue weighted by Gasteiger charge is 2.14. The molecular formula is C23H18Cl2N4O3S. The molecule has 0 aliphatic carbocycles. The second-order valence-electron chi connectivity index (χ2n) is 7.05. The minimum atomic E-state index is -3.76. The van der Waals surface area contributed by atoms with Crippen LogP contribution in [0, 0.1) is 0 Å². The van der Waals surface area contributed by atoms with Gasteiger partial charge in [-0.1, -0.05) is 35.8 Å². The molecule has 168 valence electrons. The number of benzene rings is 3. The Balaban J connectivity index is 1.55. The van der Waals surface area contributed by atoms with Crippen LogP contribution in [0.1, 0.15) is 0 Å². The second-order valence-corrected chi connectivity index (χ2v) is 9.61. The van der Waals surface area contributed by atoms with Crippen molar-refractivity contribution >= 4 is 57.4 Å². The van der Waals surface area contributed by atoms with Crippen molar-refractivity contribution in [3.63, 3.8) is 0 Å². The highest BCUT2D eigenvalue weighted by atomic mass is 35.5. The van der Waals surface area contributed by atoms with Gasteiger partial charge in [0, 0.05) is 27.6 Å². The number of nitrogens with one attached hydrogen (secondary N) is 3. The molecule has 0 fully saturated rings. The molecule has 1 aromatic heterocycles. The predicted octanol–water partition coefficient (Wildman–Crippen LogP) is 3.53. The van der Waals surface area contributed by atoms with Gasteiger partial charge in [-0.2, -0.15) is 0 Å². The molecule has 0 saturated heterocycles. The lowest BCUT2D eigenvalue weighted by molar-refractivity contribution is 0.601. The summed E-state index contributed by atoms with van der Waals surface area (Å²) in [4.78, 5) is 12.9. The number of halogens is 2. The van der Waals surface area contributed by atoms with Crippen molar-refractivity contribution in [1.29, 1.82) is 0 Å². The fourth-order valence-electron chi connectivity index (χ4n) is 3.06. The molecule has 0 aliphatic heterocycles. The van der Waals surface area contributed by atoms with E-state index in [1.54, 1.807) is 60.7 Å². The van der Waals surface area contributed by atoms with E-state index in [4.69, 9.17) is 23.2 Å². The highest BCUT2D eigenvalue weighted by Crippen LogP contribution is 2.20. The van der Waals surface area contributed by atoms with Crippen LogP contribution in [0.5, 0.6) is 0 Å². The molecule has 3 N–H and O–H groups in total. The van der Waals surface area contributed by atoms with Gasteiger partial charge < -0.3 is 5.32 Å². The van der Waals surface area contributed by atoms with Gasteiger partial charge in [0.2, 0.25) is 0 Å². The maximum Gasteiger partial charge on any atom is 0.280 e. The fourth-order valence-corrected chi connectivity index (χ4v) is 4.43. The average Bonchev–Trinajstić information content (AvgIpc) is 3.07. The fraction of sp³-hybridized carbons (Fsp3) is 0. The summed E-state index contributed by atoms with van der Waals surface area (Å²) in [5.74, 6) is 0. The molecule has 10 heteroatoms. The summed E-state index contributed by atoms with van der Waals surface area (Å²) in [5, 5.41) is 7.67. The summed E-state index contributed by atoms with van der Waals surface area (Å²) >= 11 is 11.8. The van der Waals surface area contributed by atoms with E-state index in [-0.39, 0.29) is 10.5 Å². The van der Waals surface area contributed by atoms with Gasteiger partial charge in [-0.15, -0.1) is 0 Å². The molecule has 0 atom stereocenters. The Morgan fingerprint density at radius 3 is 2.24 bits per heavy atom. The molecule has 3 aromatic carbocycles. The van der Waals surface area contributed by atoms with E-state index in [0.717, 1.165) is 0 Å². The van der Waals surface area contributed by atoms with E-state index in [9.17, 15) is 13.2 Å². The Morgan fingerprint density at radius 2 is 1.58 bits per heavy atom. The predicted molar refractivity (Wildman–Crippen MR) is 133 cm³/mol. The normalized spacial score (nSPS) is 12.0. The van der Waals surface area contributed by atoms with Crippen molar-refractivity contribution in [2.45, 2.75) is 4.90 Å². The summed E-state index contributed by atoms with van der Waals surface area (Å²) in [5.41, 5.74) is 1.28. The largest absolute Gasteiger partial charge is 0.361 e. The Labute approximate surface area is 199 Å². The van der Waals surface area contributed by atoms with E-state index in [0.29, 0.717) is 37.7 Å². The maximum absolute atomic E-state index is 12.8. The van der Waals surface area contributed by atoms with Crippen LogP contribution in [0.2, 0.25) is 10.0 Å². The standard InChI is InChI=1S/C23H18Cl2N4O3S/c1-15-22(23(30)29(27-15)20-4-2-3-17(25)13-20)14-26-18-9-11-21(12-10-18)33(31,32)28-19-7-5-16(24)6-8-19/h2-14,26-28H,1H2. The minimum Gasteiger partial charge on any atom is -0.361 e. The van der Waals surface area contributed by atoms with E-state index in [2.05, 4.69) is 21.7 Å². The van der Waals surface area contributed by atoms with Crippen LogP contribution in [-0.2, 0) is 10.0 Å². The van der Waals surface area contributed by atoms with Crippen molar-refractivity contribution in [3.05, 3.63) is 104 Å². The molecule has 0 bridgehead atoms. The van der Waals surface area contributed by atoms with Crippen LogP contribution in [0.25, 0.3) is 18.5 Å². The van der Waals surface area contributed by atoms with Gasteiger partial charge in [0.1, 0.15) is 0 Å². The second kappa shape index (κ2) is 9.19. The van der Waals surface area contributed by atoms with Crippen molar-refractivity contribution < 1.29 is 8.42 Å². The molecule has 0 unspecified atom stereocenters. The Bertz CT molecular complexity index is 1580. The number of anilines is 2. The first kappa shape index (κ1) is 22.7. The molecule has 0 amide bonds. The molecule has 0 spiro atoms. The summed E-state index contributed by atoms with van der Waals surface area (Å²) in [6.07, 6.45) is 1.51. The number of aromatic nitrogens is 2. The summed E-state index contributed by atoms with van der Waals surface area (Å²) in [6, 6.07) is 19.3. The number of hydrogen-bond acceptors (Lipinski definition) is 4. The third kappa shape index (κ3) is 5.14. The van der Waals surface area contributed by atoms with Crippen LogP contribution in [0.4, 0.5) is 11.4 Å². The lowest BCUT2D eigenvalue weighted by Crippen LogP contribution is -2.34. The first-order valence-electron chi connectivity index (χ1n) is 9.64. The van der Waals surface area contributed by atoms with Crippen molar-refractivity contribution in [3.8, 4) is 5.69 Å². The van der Waals surface area contributed by atoms with Crippen molar-refractivity contribution in [2.75, 3.05) is 10.0 Å². The van der Waals surface area contributed by atoms with Crippen molar-refractivity contribution in [1.82, 2.24) is 9.78 Å². The van der Waals surface area contributed by atoms with Gasteiger partial charge in [-0.25, -0.2) is 13.1 Å². The highest BCUT2D eigenvalue weighted by molar-refractivity contribution is 7.92. The van der Waals surface area contributed by atoms with Gasteiger partial charge in [0.15, 0.2) is 0 Å². The van der Waals surface area contributed by atoms with E-state index in [1.165, 1.54) is 23.0 Å². The van der Waals surface area contributed by atoms with Crippen molar-refractivity contribution in [2.24, 2.45) is 0 Å². The van der Waals surface area contributed by atoms with Gasteiger partial charge in [0.25, 0.3) is 15.6 Å². The number of nitrogens with zero attached hydrogens (tertiary/aromatic N) is 1. The molecule has 7 nitrogen and oxygen atoms in total. The van der Waals surface area contributed by atoms with Crippen LogP contribution in [0.3, 0.4) is 0 Å². The van der Waals surface area contributed by atoms with Gasteiger partial charge in [0.05, 0.1) is 21.2 Å². The van der Waals surface area contributed by atoms with Gasteiger partial charge >= 0.3 is 0 Å². The maximum atomic E-state index is 12.8. The zero-order valence-electron chi connectivity index (χ0n) is 17.0. The topological polar surface area (TPSA) is 96.0 Å². The van der Waals surface area contributed by atoms with E-state index >= 15 is 0 Å². The smallest absolute Gasteiger partial charge is 0.280 e. The Kier molecular flexibility index (Phi) is 6.33. The molecule has 33 heavy (non-hydrogen) atoms. The SMILES string of the molecule is C=c1[nH]n(-c2cccc(Cl)c2)c(=O)c1=CNc1ccc(S(=O)(=O)Nc2ccc(Cl)cc2)cc1. The number of sulfonamides is 1. The zero-order valence-corrected chi connectivity index (χ0v) is 19.4. The molecular weight excluding hydrogens is 483 g/mol. The molecule has 4 rings (SSSR count). The van der Waals surface area contributed by atoms with Crippen LogP contribution < -0.4 is 26.2 Å². The number of hydrogen-bond donors (Lipinski definition) is 3.